The fraction of sp³-hybridized carbons (Fsp3) is 0.161. The fourth-order valence-electron chi connectivity index (χ4n) is 5.20. The zero-order valence-corrected chi connectivity index (χ0v) is 23.7. The summed E-state index contributed by atoms with van der Waals surface area (Å²) in [5.74, 6) is -0.498. The first-order chi connectivity index (χ1) is 20.6. The summed E-state index contributed by atoms with van der Waals surface area (Å²) in [4.78, 5) is 24.8. The lowest BCUT2D eigenvalue weighted by molar-refractivity contribution is -0.117. The van der Waals surface area contributed by atoms with Gasteiger partial charge < -0.3 is 16.0 Å². The third kappa shape index (κ3) is 5.15. The average molecular weight is 596 g/mol. The van der Waals surface area contributed by atoms with Crippen molar-refractivity contribution in [3.63, 3.8) is 0 Å². The fourth-order valence-corrected chi connectivity index (χ4v) is 5.83. The van der Waals surface area contributed by atoms with Crippen LogP contribution in [0.25, 0.3) is 55.7 Å². The number of pyridine rings is 2. The second-order valence-electron chi connectivity index (χ2n) is 10.9. The van der Waals surface area contributed by atoms with E-state index in [1.807, 2.05) is 42.5 Å². The molecule has 5 N–H and O–H groups in total. The molecule has 0 radical (unpaired) electrons. The molecule has 1 saturated carbocycles. The van der Waals surface area contributed by atoms with Gasteiger partial charge in [-0.05, 0) is 78.1 Å². The topological polar surface area (TPSA) is 160 Å². The Hall–Kier alpha value is -4.94. The van der Waals surface area contributed by atoms with Gasteiger partial charge in [0.2, 0.25) is 5.91 Å². The van der Waals surface area contributed by atoms with Crippen molar-refractivity contribution >= 4 is 43.4 Å². The van der Waals surface area contributed by atoms with E-state index in [-0.39, 0.29) is 17.4 Å². The third-order valence-corrected chi connectivity index (χ3v) is 8.79. The Kier molecular flexibility index (Phi) is 6.33. The minimum absolute atomic E-state index is 0.00497. The van der Waals surface area contributed by atoms with Crippen LogP contribution in [0.4, 0.5) is 10.1 Å². The normalized spacial score (nSPS) is 14.3. The van der Waals surface area contributed by atoms with E-state index in [2.05, 4.69) is 25.5 Å². The summed E-state index contributed by atoms with van der Waals surface area (Å²) >= 11 is 0. The van der Waals surface area contributed by atoms with Gasteiger partial charge in [-0.1, -0.05) is 12.1 Å². The number of aromatic nitrogens is 5. The van der Waals surface area contributed by atoms with Gasteiger partial charge in [-0.3, -0.25) is 14.9 Å². The first-order valence-corrected chi connectivity index (χ1v) is 15.6. The Morgan fingerprint density at radius 1 is 1.05 bits per heavy atom. The van der Waals surface area contributed by atoms with Crippen molar-refractivity contribution in [1.82, 2.24) is 25.1 Å². The highest BCUT2D eigenvalue weighted by atomic mass is 32.2. The van der Waals surface area contributed by atoms with Crippen molar-refractivity contribution in [1.29, 1.82) is 0 Å². The van der Waals surface area contributed by atoms with E-state index in [0.29, 0.717) is 39.4 Å². The van der Waals surface area contributed by atoms with Crippen molar-refractivity contribution in [3.8, 4) is 33.8 Å². The molecule has 1 aliphatic rings. The predicted molar refractivity (Wildman–Crippen MR) is 163 cm³/mol. The average Bonchev–Trinajstić information content (AvgIpc) is 3.62. The molecule has 43 heavy (non-hydrogen) atoms. The number of hydrogen-bond acceptors (Lipinski definition) is 7. The van der Waals surface area contributed by atoms with E-state index in [4.69, 9.17) is 10.7 Å². The van der Waals surface area contributed by atoms with Crippen LogP contribution in [0.5, 0.6) is 0 Å². The lowest BCUT2D eigenvalue weighted by Crippen LogP contribution is -2.20. The molecular weight excluding hydrogens is 569 g/mol. The van der Waals surface area contributed by atoms with Gasteiger partial charge in [0.1, 0.15) is 22.4 Å². The number of nitrogens with two attached hydrogens (primary N) is 1. The molecule has 1 atom stereocenters. The van der Waals surface area contributed by atoms with Crippen LogP contribution < -0.4 is 11.1 Å². The van der Waals surface area contributed by atoms with E-state index < -0.39 is 21.0 Å². The molecule has 4 heterocycles. The number of nitrogens with zero attached hydrogens (tertiary/aromatic N) is 3. The lowest BCUT2D eigenvalue weighted by Gasteiger charge is -2.12. The number of rotatable bonds is 7. The summed E-state index contributed by atoms with van der Waals surface area (Å²) in [5, 5.41) is 9.92. The van der Waals surface area contributed by atoms with Gasteiger partial charge in [-0.2, -0.15) is 5.10 Å². The van der Waals surface area contributed by atoms with Gasteiger partial charge in [0.25, 0.3) is 0 Å². The number of carbonyl (C=O) groups is 1. The monoisotopic (exact) mass is 595 g/mol. The maximum atomic E-state index is 14.7. The van der Waals surface area contributed by atoms with Gasteiger partial charge in [0.15, 0.2) is 9.84 Å². The summed E-state index contributed by atoms with van der Waals surface area (Å²) in [6.45, 7) is 0. The Labute approximate surface area is 245 Å². The molecule has 0 bridgehead atoms. The zero-order valence-electron chi connectivity index (χ0n) is 22.9. The van der Waals surface area contributed by atoms with Crippen LogP contribution >= 0.6 is 0 Å². The highest BCUT2D eigenvalue weighted by molar-refractivity contribution is 7.90. The number of carbonyl (C=O) groups excluding carboxylic acids is 1. The van der Waals surface area contributed by atoms with E-state index in [1.165, 1.54) is 6.07 Å². The largest absolute Gasteiger partial charge is 0.353 e. The molecular formula is C31H26FN7O3S. The van der Waals surface area contributed by atoms with Crippen molar-refractivity contribution in [2.75, 3.05) is 11.6 Å². The number of H-pyrrole nitrogens is 2. The van der Waals surface area contributed by atoms with Crippen molar-refractivity contribution < 1.29 is 17.6 Å². The molecule has 4 aromatic heterocycles. The Morgan fingerprint density at radius 3 is 2.67 bits per heavy atom. The number of hydrogen-bond donors (Lipinski definition) is 4. The van der Waals surface area contributed by atoms with E-state index in [0.717, 1.165) is 47.1 Å². The van der Waals surface area contributed by atoms with Gasteiger partial charge in [0.05, 0.1) is 28.8 Å². The number of benzene rings is 2. The molecule has 0 saturated heterocycles. The quantitative estimate of drug-likeness (QED) is 0.194. The smallest absolute Gasteiger partial charge is 0.227 e. The molecule has 1 fully saturated rings. The van der Waals surface area contributed by atoms with Crippen molar-refractivity contribution in [2.24, 2.45) is 11.7 Å². The van der Waals surface area contributed by atoms with Gasteiger partial charge in [-0.15, -0.1) is 0 Å². The minimum atomic E-state index is -3.63. The molecule has 0 aliphatic heterocycles. The van der Waals surface area contributed by atoms with Gasteiger partial charge >= 0.3 is 0 Å². The number of amides is 1. The first-order valence-electron chi connectivity index (χ1n) is 13.6. The van der Waals surface area contributed by atoms with Gasteiger partial charge in [-0.25, -0.2) is 17.8 Å². The first kappa shape index (κ1) is 26.9. The van der Waals surface area contributed by atoms with Crippen LogP contribution in [-0.2, 0) is 14.6 Å². The number of anilines is 1. The molecule has 10 nitrogen and oxygen atoms in total. The highest BCUT2D eigenvalue weighted by Gasteiger charge is 2.29. The Balaban J connectivity index is 1.27. The second-order valence-corrected chi connectivity index (χ2v) is 13.0. The predicted octanol–water partition coefficient (Wildman–Crippen LogP) is 5.32. The van der Waals surface area contributed by atoms with E-state index in [1.54, 1.807) is 18.5 Å². The number of sulfone groups is 1. The molecule has 12 heteroatoms. The Morgan fingerprint density at radius 2 is 1.88 bits per heavy atom. The summed E-state index contributed by atoms with van der Waals surface area (Å²) in [7, 11) is -3.63. The maximum absolute atomic E-state index is 14.7. The molecule has 1 amide bonds. The number of halogens is 1. The van der Waals surface area contributed by atoms with Crippen molar-refractivity contribution in [2.45, 2.75) is 18.2 Å². The number of fused-ring (bicyclic) bond motifs is 2. The third-order valence-electron chi connectivity index (χ3n) is 7.60. The van der Waals surface area contributed by atoms with E-state index >= 15 is 0 Å². The second kappa shape index (κ2) is 10.1. The maximum Gasteiger partial charge on any atom is 0.227 e. The minimum Gasteiger partial charge on any atom is -0.353 e. The molecule has 2 aromatic carbocycles. The van der Waals surface area contributed by atoms with Crippen LogP contribution in [0.2, 0.25) is 0 Å². The molecule has 1 aliphatic carbocycles. The standard InChI is InChI=1S/C31H26FN7O3S/c1-43(41,42)30(33)18-9-17(10-20(32)11-18)22-3-2-4-25-23(22)13-27(36-25)29-28-26(38-39-29)8-7-24(37-28)19-12-21(15-34-14-19)35-31(40)16-5-6-16/h2-4,7-16,30,36H,5-6,33H2,1H3,(H,35,40)(H,38,39). The molecule has 0 spiro atoms. The van der Waals surface area contributed by atoms with Crippen LogP contribution in [0, 0.1) is 11.7 Å². The Bertz CT molecular complexity index is 2170. The van der Waals surface area contributed by atoms with Crippen molar-refractivity contribution in [3.05, 3.63) is 84.4 Å². The molecule has 1 unspecified atom stereocenters. The summed E-state index contributed by atoms with van der Waals surface area (Å²) < 4.78 is 38.8. The van der Waals surface area contributed by atoms with Crippen LogP contribution in [0.15, 0.2) is 73.1 Å². The van der Waals surface area contributed by atoms with Crippen LogP contribution in [0.1, 0.15) is 23.8 Å². The number of aromatic amines is 2. The molecule has 216 valence electrons. The summed E-state index contributed by atoms with van der Waals surface area (Å²) in [5.41, 5.74) is 12.7. The van der Waals surface area contributed by atoms with E-state index in [9.17, 15) is 17.6 Å². The zero-order chi connectivity index (χ0) is 29.9. The molecule has 7 rings (SSSR count). The van der Waals surface area contributed by atoms with Crippen LogP contribution in [0.3, 0.4) is 0 Å². The molecule has 6 aromatic rings. The lowest BCUT2D eigenvalue weighted by atomic mass is 9.99. The summed E-state index contributed by atoms with van der Waals surface area (Å²) in [6.07, 6.45) is 6.16. The van der Waals surface area contributed by atoms with Gasteiger partial charge in [0, 0.05) is 34.8 Å². The number of nitrogens with one attached hydrogen (secondary N) is 3. The highest BCUT2D eigenvalue weighted by Crippen LogP contribution is 2.36. The summed E-state index contributed by atoms with van der Waals surface area (Å²) in [6, 6.07) is 17.2. The van der Waals surface area contributed by atoms with Crippen LogP contribution in [-0.4, -0.2) is 45.7 Å². The SMILES string of the molecule is CS(=O)(=O)C(N)c1cc(F)cc(-c2cccc3[nH]c(-c4n[nH]c5ccc(-c6cncc(NC(=O)C7CC7)c6)nc45)cc23)c1.